The van der Waals surface area contributed by atoms with Gasteiger partial charge in [-0.05, 0) is 39.4 Å². The molecule has 1 fully saturated rings. The van der Waals surface area contributed by atoms with Gasteiger partial charge in [0.2, 0.25) is 0 Å². The van der Waals surface area contributed by atoms with Gasteiger partial charge in [-0.2, -0.15) is 0 Å². The van der Waals surface area contributed by atoms with E-state index in [4.69, 9.17) is 11.6 Å². The van der Waals surface area contributed by atoms with Crippen LogP contribution < -0.4 is 0 Å². The Morgan fingerprint density at radius 1 is 1.30 bits per heavy atom. The van der Waals surface area contributed by atoms with Crippen LogP contribution >= 0.6 is 11.6 Å². The highest BCUT2D eigenvalue weighted by Crippen LogP contribution is 2.01. The zero-order valence-electron chi connectivity index (χ0n) is 7.07. The molecule has 0 unspecified atom stereocenters. The van der Waals surface area contributed by atoms with E-state index in [9.17, 15) is 0 Å². The lowest BCUT2D eigenvalue weighted by Gasteiger charge is -2.01. The standard InChI is InChI=1S/C5H11N.C3H7Cl/c1-6-4-2-3-5-6;1-2-3-4/h2-5H2,1H3;2-3H2,1H3. The average molecular weight is 164 g/mol. The maximum atomic E-state index is 5.19. The van der Waals surface area contributed by atoms with E-state index in [1.54, 1.807) is 0 Å². The molecule has 1 aliphatic heterocycles. The second kappa shape index (κ2) is 7.36. The molecule has 1 heterocycles. The zero-order chi connectivity index (χ0) is 7.82. The Morgan fingerprint density at radius 3 is 1.80 bits per heavy atom. The molecule has 0 aromatic heterocycles. The molecule has 0 spiro atoms. The molecule has 0 aromatic carbocycles. The van der Waals surface area contributed by atoms with Crippen molar-refractivity contribution in [2.24, 2.45) is 0 Å². The van der Waals surface area contributed by atoms with Gasteiger partial charge in [0.05, 0.1) is 0 Å². The third-order valence-electron chi connectivity index (χ3n) is 1.52. The van der Waals surface area contributed by atoms with Crippen molar-refractivity contribution >= 4 is 11.6 Å². The van der Waals surface area contributed by atoms with Crippen molar-refractivity contribution in [3.05, 3.63) is 0 Å². The molecule has 1 saturated heterocycles. The van der Waals surface area contributed by atoms with E-state index in [1.807, 2.05) is 6.92 Å². The quantitative estimate of drug-likeness (QED) is 0.537. The second-order valence-electron chi connectivity index (χ2n) is 2.70. The molecule has 2 heteroatoms. The number of hydrogen-bond acceptors (Lipinski definition) is 1. The highest BCUT2D eigenvalue weighted by Gasteiger charge is 2.03. The molecule has 1 nitrogen and oxygen atoms in total. The van der Waals surface area contributed by atoms with Crippen molar-refractivity contribution in [3.8, 4) is 0 Å². The summed E-state index contributed by atoms with van der Waals surface area (Å²) >= 11 is 5.19. The molecule has 1 aliphatic rings. The Labute approximate surface area is 69.4 Å². The summed E-state index contributed by atoms with van der Waals surface area (Å²) in [6.07, 6.45) is 3.91. The molecule has 0 amide bonds. The molecular weight excluding hydrogens is 146 g/mol. The SMILES string of the molecule is CCCCl.CN1CCCC1. The number of halogens is 1. The van der Waals surface area contributed by atoms with Crippen LogP contribution in [0.4, 0.5) is 0 Å². The molecular formula is C8H18ClN. The summed E-state index contributed by atoms with van der Waals surface area (Å²) in [4.78, 5) is 2.36. The van der Waals surface area contributed by atoms with Crippen LogP contribution in [0, 0.1) is 0 Å². The van der Waals surface area contributed by atoms with Gasteiger partial charge >= 0.3 is 0 Å². The number of hydrogen-bond donors (Lipinski definition) is 0. The molecule has 0 radical (unpaired) electrons. The first-order valence-corrected chi connectivity index (χ1v) is 4.59. The van der Waals surface area contributed by atoms with Crippen LogP contribution in [0.5, 0.6) is 0 Å². The Kier molecular flexibility index (Phi) is 7.54. The lowest BCUT2D eigenvalue weighted by atomic mass is 10.4. The Hall–Kier alpha value is 0.250. The third-order valence-corrected chi connectivity index (χ3v) is 1.90. The van der Waals surface area contributed by atoms with E-state index in [0.29, 0.717) is 0 Å². The smallest absolute Gasteiger partial charge is 0.0220 e. The first kappa shape index (κ1) is 10.2. The van der Waals surface area contributed by atoms with Crippen LogP contribution in [0.2, 0.25) is 0 Å². The van der Waals surface area contributed by atoms with Crippen LogP contribution in [-0.4, -0.2) is 30.9 Å². The van der Waals surface area contributed by atoms with Crippen LogP contribution in [-0.2, 0) is 0 Å². The van der Waals surface area contributed by atoms with Gasteiger partial charge in [-0.3, -0.25) is 0 Å². The van der Waals surface area contributed by atoms with E-state index in [2.05, 4.69) is 11.9 Å². The van der Waals surface area contributed by atoms with Gasteiger partial charge in [0, 0.05) is 5.88 Å². The molecule has 0 aromatic rings. The van der Waals surface area contributed by atoms with Crippen LogP contribution in [0.1, 0.15) is 26.2 Å². The maximum absolute atomic E-state index is 5.19. The number of nitrogens with zero attached hydrogens (tertiary/aromatic N) is 1. The Balaban J connectivity index is 0.000000180. The van der Waals surface area contributed by atoms with Crippen molar-refractivity contribution in [2.75, 3.05) is 26.0 Å². The topological polar surface area (TPSA) is 3.24 Å². The molecule has 62 valence electrons. The van der Waals surface area contributed by atoms with Gasteiger partial charge < -0.3 is 4.90 Å². The van der Waals surface area contributed by atoms with E-state index < -0.39 is 0 Å². The Morgan fingerprint density at radius 2 is 1.70 bits per heavy atom. The Bertz CT molecular complexity index is 58.3. The summed E-state index contributed by atoms with van der Waals surface area (Å²) in [5.41, 5.74) is 0. The average Bonchev–Trinajstić information content (AvgIpc) is 2.40. The molecule has 0 atom stereocenters. The summed E-state index contributed by atoms with van der Waals surface area (Å²) in [6, 6.07) is 0. The summed E-state index contributed by atoms with van der Waals surface area (Å²) in [6.45, 7) is 4.69. The van der Waals surface area contributed by atoms with Crippen molar-refractivity contribution < 1.29 is 0 Å². The van der Waals surface area contributed by atoms with E-state index >= 15 is 0 Å². The summed E-state index contributed by atoms with van der Waals surface area (Å²) in [5.74, 6) is 0.792. The molecule has 1 rings (SSSR count). The summed E-state index contributed by atoms with van der Waals surface area (Å²) < 4.78 is 0. The minimum atomic E-state index is 0.792. The largest absolute Gasteiger partial charge is 0.306 e. The van der Waals surface area contributed by atoms with Gasteiger partial charge in [0.15, 0.2) is 0 Å². The predicted molar refractivity (Wildman–Crippen MR) is 47.7 cm³/mol. The normalized spacial score (nSPS) is 18.3. The second-order valence-corrected chi connectivity index (χ2v) is 3.08. The monoisotopic (exact) mass is 163 g/mol. The highest BCUT2D eigenvalue weighted by molar-refractivity contribution is 6.17. The zero-order valence-corrected chi connectivity index (χ0v) is 7.82. The number of likely N-dealkylation sites (tertiary alicyclic amines) is 1. The van der Waals surface area contributed by atoms with Gasteiger partial charge in [-0.1, -0.05) is 6.92 Å². The van der Waals surface area contributed by atoms with E-state index in [1.165, 1.54) is 25.9 Å². The van der Waals surface area contributed by atoms with Crippen molar-refractivity contribution in [2.45, 2.75) is 26.2 Å². The molecule has 0 N–H and O–H groups in total. The number of rotatable bonds is 1. The van der Waals surface area contributed by atoms with Gasteiger partial charge in [0.1, 0.15) is 0 Å². The van der Waals surface area contributed by atoms with Crippen LogP contribution in [0.15, 0.2) is 0 Å². The van der Waals surface area contributed by atoms with E-state index in [-0.39, 0.29) is 0 Å². The first-order valence-electron chi connectivity index (χ1n) is 4.05. The minimum Gasteiger partial charge on any atom is -0.306 e. The summed E-state index contributed by atoms with van der Waals surface area (Å²) in [5, 5.41) is 0. The van der Waals surface area contributed by atoms with Gasteiger partial charge in [-0.25, -0.2) is 0 Å². The predicted octanol–water partition coefficient (Wildman–Crippen LogP) is 2.35. The van der Waals surface area contributed by atoms with E-state index in [0.717, 1.165) is 12.3 Å². The lowest BCUT2D eigenvalue weighted by molar-refractivity contribution is 0.418. The molecule has 0 saturated carbocycles. The fourth-order valence-electron chi connectivity index (χ4n) is 0.875. The number of alkyl halides is 1. The fourth-order valence-corrected chi connectivity index (χ4v) is 0.875. The third kappa shape index (κ3) is 6.37. The van der Waals surface area contributed by atoms with Crippen molar-refractivity contribution in [1.29, 1.82) is 0 Å². The van der Waals surface area contributed by atoms with Crippen LogP contribution in [0.3, 0.4) is 0 Å². The summed E-state index contributed by atoms with van der Waals surface area (Å²) in [7, 11) is 2.17. The minimum absolute atomic E-state index is 0.792. The van der Waals surface area contributed by atoms with Gasteiger partial charge in [-0.15, -0.1) is 11.6 Å². The lowest BCUT2D eigenvalue weighted by Crippen LogP contribution is -2.10. The van der Waals surface area contributed by atoms with Crippen LogP contribution in [0.25, 0.3) is 0 Å². The first-order chi connectivity index (χ1) is 4.81. The molecule has 0 aliphatic carbocycles. The molecule has 0 bridgehead atoms. The van der Waals surface area contributed by atoms with Crippen molar-refractivity contribution in [1.82, 2.24) is 4.90 Å². The fraction of sp³-hybridized carbons (Fsp3) is 1.00. The van der Waals surface area contributed by atoms with Gasteiger partial charge in [0.25, 0.3) is 0 Å². The maximum Gasteiger partial charge on any atom is 0.0220 e. The highest BCUT2D eigenvalue weighted by atomic mass is 35.5. The molecule has 10 heavy (non-hydrogen) atoms. The van der Waals surface area contributed by atoms with Crippen molar-refractivity contribution in [3.63, 3.8) is 0 Å².